The molecule has 0 saturated heterocycles. The van der Waals surface area contributed by atoms with Gasteiger partial charge in [-0.3, -0.25) is 4.79 Å². The van der Waals surface area contributed by atoms with Gasteiger partial charge in [0.2, 0.25) is 5.88 Å². The molecule has 0 unspecified atom stereocenters. The van der Waals surface area contributed by atoms with Crippen molar-refractivity contribution >= 4 is 28.4 Å². The molecule has 0 aromatic carbocycles. The second kappa shape index (κ2) is 5.73. The molecule has 0 fully saturated rings. The molecule has 25 heavy (non-hydrogen) atoms. The molecule has 1 amide bonds. The molecule has 1 aliphatic rings. The van der Waals surface area contributed by atoms with Crippen molar-refractivity contribution in [3.8, 4) is 5.88 Å². The van der Waals surface area contributed by atoms with Crippen molar-refractivity contribution in [3.05, 3.63) is 36.4 Å². The van der Waals surface area contributed by atoms with Gasteiger partial charge in [-0.05, 0) is 26.0 Å². The highest BCUT2D eigenvalue weighted by atomic mass is 16.5. The fourth-order valence-corrected chi connectivity index (χ4v) is 3.01. The Bertz CT molecular complexity index is 965. The minimum Gasteiger partial charge on any atom is -0.475 e. The monoisotopic (exact) mass is 338 g/mol. The molecule has 0 aliphatic carbocycles. The van der Waals surface area contributed by atoms with Crippen molar-refractivity contribution in [1.82, 2.24) is 19.5 Å². The molecule has 1 aliphatic heterocycles. The van der Waals surface area contributed by atoms with E-state index in [2.05, 4.69) is 33.4 Å². The summed E-state index contributed by atoms with van der Waals surface area (Å²) in [7, 11) is 0. The SMILES string of the molecule is CC(C)n1ccc2cc(N3CCOc4ncnc(N)c4C3=O)cnc21. The Morgan fingerprint density at radius 1 is 1.28 bits per heavy atom. The van der Waals surface area contributed by atoms with Crippen LogP contribution in [0.1, 0.15) is 30.2 Å². The van der Waals surface area contributed by atoms with Crippen LogP contribution in [0.25, 0.3) is 11.0 Å². The van der Waals surface area contributed by atoms with Gasteiger partial charge in [-0.25, -0.2) is 15.0 Å². The van der Waals surface area contributed by atoms with Gasteiger partial charge in [-0.15, -0.1) is 0 Å². The van der Waals surface area contributed by atoms with Crippen molar-refractivity contribution in [3.63, 3.8) is 0 Å². The van der Waals surface area contributed by atoms with Gasteiger partial charge in [0.05, 0.1) is 18.4 Å². The molecule has 3 aromatic heterocycles. The van der Waals surface area contributed by atoms with E-state index in [0.29, 0.717) is 24.9 Å². The second-order valence-electron chi connectivity index (χ2n) is 6.17. The van der Waals surface area contributed by atoms with E-state index in [0.717, 1.165) is 11.0 Å². The highest BCUT2D eigenvalue weighted by molar-refractivity contribution is 6.11. The maximum Gasteiger partial charge on any atom is 0.267 e. The van der Waals surface area contributed by atoms with Gasteiger partial charge < -0.3 is 19.9 Å². The molecule has 3 aromatic rings. The number of carbonyl (C=O) groups is 1. The van der Waals surface area contributed by atoms with E-state index >= 15 is 0 Å². The van der Waals surface area contributed by atoms with E-state index in [1.807, 2.05) is 18.3 Å². The molecular formula is C17H18N6O2. The minimum absolute atomic E-state index is 0.113. The quantitative estimate of drug-likeness (QED) is 0.767. The molecule has 4 heterocycles. The summed E-state index contributed by atoms with van der Waals surface area (Å²) in [5.74, 6) is 0.0527. The molecule has 0 saturated carbocycles. The van der Waals surface area contributed by atoms with E-state index in [4.69, 9.17) is 10.5 Å². The van der Waals surface area contributed by atoms with Crippen LogP contribution < -0.4 is 15.4 Å². The molecule has 8 nitrogen and oxygen atoms in total. The summed E-state index contributed by atoms with van der Waals surface area (Å²) in [5.41, 5.74) is 7.65. The van der Waals surface area contributed by atoms with Gasteiger partial charge in [0.25, 0.3) is 5.91 Å². The Labute approximate surface area is 144 Å². The first-order chi connectivity index (χ1) is 12.1. The van der Waals surface area contributed by atoms with Crippen LogP contribution in [0.4, 0.5) is 11.5 Å². The summed E-state index contributed by atoms with van der Waals surface area (Å²) in [6.45, 7) is 4.90. The fraction of sp³-hybridized carbons (Fsp3) is 0.294. The number of nitrogens with two attached hydrogens (primary N) is 1. The van der Waals surface area contributed by atoms with Crippen molar-refractivity contribution < 1.29 is 9.53 Å². The maximum absolute atomic E-state index is 13.0. The number of carbonyl (C=O) groups excluding carboxylic acids is 1. The summed E-state index contributed by atoms with van der Waals surface area (Å²) < 4.78 is 7.65. The zero-order valence-electron chi connectivity index (χ0n) is 14.0. The molecule has 4 rings (SSSR count). The summed E-state index contributed by atoms with van der Waals surface area (Å²) >= 11 is 0. The highest BCUT2D eigenvalue weighted by Crippen LogP contribution is 2.29. The molecule has 0 spiro atoms. The fourth-order valence-electron chi connectivity index (χ4n) is 3.01. The Hall–Kier alpha value is -3.16. The van der Waals surface area contributed by atoms with Gasteiger partial charge in [0, 0.05) is 17.6 Å². The average Bonchev–Trinajstić information content (AvgIpc) is 2.93. The lowest BCUT2D eigenvalue weighted by atomic mass is 10.2. The lowest BCUT2D eigenvalue weighted by Gasteiger charge is -2.20. The van der Waals surface area contributed by atoms with Gasteiger partial charge in [0.15, 0.2) is 0 Å². The first-order valence-electron chi connectivity index (χ1n) is 8.08. The second-order valence-corrected chi connectivity index (χ2v) is 6.17. The van der Waals surface area contributed by atoms with E-state index in [1.54, 1.807) is 11.1 Å². The van der Waals surface area contributed by atoms with Crippen LogP contribution >= 0.6 is 0 Å². The zero-order chi connectivity index (χ0) is 17.6. The van der Waals surface area contributed by atoms with Crippen LogP contribution in [0.15, 0.2) is 30.9 Å². The normalized spacial score (nSPS) is 14.5. The predicted octanol–water partition coefficient (Wildman–Crippen LogP) is 2.03. The minimum atomic E-state index is -0.282. The van der Waals surface area contributed by atoms with Gasteiger partial charge in [0.1, 0.15) is 30.0 Å². The Kier molecular flexibility index (Phi) is 3.52. The number of anilines is 2. The number of hydrogen-bond donors (Lipinski definition) is 1. The molecule has 0 radical (unpaired) electrons. The van der Waals surface area contributed by atoms with Gasteiger partial charge in [-0.2, -0.15) is 0 Å². The van der Waals surface area contributed by atoms with Crippen LogP contribution in [-0.2, 0) is 0 Å². The van der Waals surface area contributed by atoms with E-state index in [1.165, 1.54) is 6.33 Å². The van der Waals surface area contributed by atoms with Crippen LogP contribution in [0.2, 0.25) is 0 Å². The van der Waals surface area contributed by atoms with Crippen molar-refractivity contribution in [2.45, 2.75) is 19.9 Å². The third-order valence-corrected chi connectivity index (χ3v) is 4.26. The van der Waals surface area contributed by atoms with Gasteiger partial charge in [-0.1, -0.05) is 0 Å². The smallest absolute Gasteiger partial charge is 0.267 e. The summed E-state index contributed by atoms with van der Waals surface area (Å²) in [6, 6.07) is 4.26. The number of hydrogen-bond acceptors (Lipinski definition) is 6. The first-order valence-corrected chi connectivity index (χ1v) is 8.08. The summed E-state index contributed by atoms with van der Waals surface area (Å²) in [4.78, 5) is 27.0. The molecule has 8 heteroatoms. The third kappa shape index (κ3) is 2.46. The lowest BCUT2D eigenvalue weighted by molar-refractivity contribution is 0.0990. The van der Waals surface area contributed by atoms with E-state index in [9.17, 15) is 4.79 Å². The third-order valence-electron chi connectivity index (χ3n) is 4.26. The van der Waals surface area contributed by atoms with Crippen molar-refractivity contribution in [2.24, 2.45) is 0 Å². The maximum atomic E-state index is 13.0. The highest BCUT2D eigenvalue weighted by Gasteiger charge is 2.29. The van der Waals surface area contributed by atoms with Crippen LogP contribution in [-0.4, -0.2) is 38.6 Å². The molecule has 2 N–H and O–H groups in total. The molecule has 0 bridgehead atoms. The van der Waals surface area contributed by atoms with Crippen LogP contribution in [0.3, 0.4) is 0 Å². The van der Waals surface area contributed by atoms with Crippen LogP contribution in [0.5, 0.6) is 5.88 Å². The predicted molar refractivity (Wildman–Crippen MR) is 93.7 cm³/mol. The first kappa shape index (κ1) is 15.4. The topological polar surface area (TPSA) is 99.2 Å². The average molecular weight is 338 g/mol. The van der Waals surface area contributed by atoms with Crippen molar-refractivity contribution in [2.75, 3.05) is 23.8 Å². The Morgan fingerprint density at radius 3 is 2.92 bits per heavy atom. The Morgan fingerprint density at radius 2 is 2.12 bits per heavy atom. The number of ether oxygens (including phenoxy) is 1. The summed E-state index contributed by atoms with van der Waals surface area (Å²) in [6.07, 6.45) is 4.99. The van der Waals surface area contributed by atoms with E-state index in [-0.39, 0.29) is 23.2 Å². The number of rotatable bonds is 2. The number of pyridine rings is 1. The summed E-state index contributed by atoms with van der Waals surface area (Å²) in [5, 5.41) is 0.974. The molecular weight excluding hydrogens is 320 g/mol. The van der Waals surface area contributed by atoms with Crippen molar-refractivity contribution in [1.29, 1.82) is 0 Å². The number of nitrogens with zero attached hydrogens (tertiary/aromatic N) is 5. The van der Waals surface area contributed by atoms with E-state index < -0.39 is 0 Å². The standard InChI is InChI=1S/C17H18N6O2/c1-10(2)22-4-3-11-7-12(8-19-15(11)22)23-5-6-25-16-13(17(23)24)14(18)20-9-21-16/h3-4,7-10H,5-6H2,1-2H3,(H2,18,20,21). The number of nitrogen functional groups attached to an aromatic ring is 1. The van der Waals surface area contributed by atoms with Gasteiger partial charge >= 0.3 is 0 Å². The number of fused-ring (bicyclic) bond motifs is 2. The number of amides is 1. The largest absolute Gasteiger partial charge is 0.475 e. The lowest BCUT2D eigenvalue weighted by Crippen LogP contribution is -2.32. The molecule has 0 atom stereocenters. The Balaban J connectivity index is 1.78. The number of aromatic nitrogens is 4. The zero-order valence-corrected chi connectivity index (χ0v) is 14.0. The molecule has 128 valence electrons. The van der Waals surface area contributed by atoms with Crippen LogP contribution in [0, 0.1) is 0 Å².